The van der Waals surface area contributed by atoms with Gasteiger partial charge in [0.05, 0.1) is 6.04 Å². The minimum absolute atomic E-state index is 0.187. The van der Waals surface area contributed by atoms with Gasteiger partial charge in [0, 0.05) is 15.4 Å². The predicted molar refractivity (Wildman–Crippen MR) is 72.2 cm³/mol. The van der Waals surface area contributed by atoms with Gasteiger partial charge in [0.1, 0.15) is 5.82 Å². The molecule has 0 amide bonds. The zero-order valence-corrected chi connectivity index (χ0v) is 11.1. The number of halogens is 1. The molecule has 0 spiro atoms. The summed E-state index contributed by atoms with van der Waals surface area (Å²) in [4.78, 5) is 2.61. The lowest BCUT2D eigenvalue weighted by atomic mass is 10.1. The Balaban J connectivity index is 2.15. The summed E-state index contributed by atoms with van der Waals surface area (Å²) in [6.45, 7) is 6.13. The highest BCUT2D eigenvalue weighted by Crippen LogP contribution is 2.27. The van der Waals surface area contributed by atoms with E-state index in [1.807, 2.05) is 6.92 Å². The molecule has 1 unspecified atom stereocenters. The van der Waals surface area contributed by atoms with Gasteiger partial charge in [0.2, 0.25) is 0 Å². The third-order valence-corrected chi connectivity index (χ3v) is 3.93. The van der Waals surface area contributed by atoms with Crippen LogP contribution < -0.4 is 5.32 Å². The first-order chi connectivity index (χ1) is 8.06. The first kappa shape index (κ1) is 12.1. The lowest BCUT2D eigenvalue weighted by Gasteiger charge is -2.15. The number of rotatable bonds is 3. The van der Waals surface area contributed by atoms with Crippen molar-refractivity contribution in [1.29, 1.82) is 0 Å². The number of thiophene rings is 1. The summed E-state index contributed by atoms with van der Waals surface area (Å²) in [5, 5.41) is 3.41. The lowest BCUT2D eigenvalue weighted by molar-refractivity contribution is 0.626. The van der Waals surface area contributed by atoms with Crippen molar-refractivity contribution in [2.24, 2.45) is 0 Å². The molecule has 2 rings (SSSR count). The van der Waals surface area contributed by atoms with Crippen LogP contribution in [0, 0.1) is 19.7 Å². The van der Waals surface area contributed by atoms with Gasteiger partial charge in [-0.3, -0.25) is 0 Å². The molecule has 2 aromatic rings. The second-order valence-corrected chi connectivity index (χ2v) is 5.59. The largest absolute Gasteiger partial charge is 0.377 e. The fourth-order valence-electron chi connectivity index (χ4n) is 1.78. The molecule has 1 aromatic carbocycles. The standard InChI is InChI=1S/C14H16FNS/c1-9-8-12(15)5-6-13(9)16-11(3)14-7-4-10(2)17-14/h4-8,11,16H,1-3H3. The van der Waals surface area contributed by atoms with Crippen molar-refractivity contribution >= 4 is 17.0 Å². The van der Waals surface area contributed by atoms with Gasteiger partial charge in [-0.25, -0.2) is 4.39 Å². The first-order valence-electron chi connectivity index (χ1n) is 5.65. The van der Waals surface area contributed by atoms with Crippen LogP contribution >= 0.6 is 11.3 Å². The first-order valence-corrected chi connectivity index (χ1v) is 6.47. The molecule has 1 aromatic heterocycles. The van der Waals surface area contributed by atoms with Crippen LogP contribution in [-0.2, 0) is 0 Å². The van der Waals surface area contributed by atoms with E-state index in [-0.39, 0.29) is 11.9 Å². The van der Waals surface area contributed by atoms with Crippen molar-refractivity contribution < 1.29 is 4.39 Å². The zero-order valence-electron chi connectivity index (χ0n) is 10.3. The number of hydrogen-bond donors (Lipinski definition) is 1. The third-order valence-electron chi connectivity index (χ3n) is 2.75. The van der Waals surface area contributed by atoms with E-state index in [4.69, 9.17) is 0 Å². The molecule has 0 saturated heterocycles. The summed E-state index contributed by atoms with van der Waals surface area (Å²) in [6, 6.07) is 9.34. The van der Waals surface area contributed by atoms with E-state index in [1.165, 1.54) is 15.8 Å². The van der Waals surface area contributed by atoms with E-state index in [0.29, 0.717) is 0 Å². The maximum absolute atomic E-state index is 13.0. The molecule has 0 fully saturated rings. The fourth-order valence-corrected chi connectivity index (χ4v) is 2.66. The molecule has 0 radical (unpaired) electrons. The van der Waals surface area contributed by atoms with Crippen molar-refractivity contribution in [2.45, 2.75) is 26.8 Å². The Morgan fingerprint density at radius 1 is 1.18 bits per heavy atom. The molecule has 0 saturated carbocycles. The van der Waals surface area contributed by atoms with Gasteiger partial charge < -0.3 is 5.32 Å². The highest BCUT2D eigenvalue weighted by atomic mass is 32.1. The van der Waals surface area contributed by atoms with Gasteiger partial charge in [-0.15, -0.1) is 11.3 Å². The average Bonchev–Trinajstić information content (AvgIpc) is 2.69. The molecule has 0 bridgehead atoms. The Morgan fingerprint density at radius 2 is 1.94 bits per heavy atom. The van der Waals surface area contributed by atoms with Crippen LogP contribution in [0.1, 0.15) is 28.3 Å². The van der Waals surface area contributed by atoms with E-state index < -0.39 is 0 Å². The molecule has 17 heavy (non-hydrogen) atoms. The van der Waals surface area contributed by atoms with E-state index >= 15 is 0 Å². The summed E-state index contributed by atoms with van der Waals surface area (Å²) in [7, 11) is 0. The van der Waals surface area contributed by atoms with Crippen LogP contribution in [-0.4, -0.2) is 0 Å². The van der Waals surface area contributed by atoms with Gasteiger partial charge in [0.15, 0.2) is 0 Å². The van der Waals surface area contributed by atoms with Crippen LogP contribution in [0.25, 0.3) is 0 Å². The molecule has 0 aliphatic rings. The van der Waals surface area contributed by atoms with Crippen LogP contribution in [0.4, 0.5) is 10.1 Å². The Bertz CT molecular complexity index is 519. The van der Waals surface area contributed by atoms with Crippen LogP contribution in [0.5, 0.6) is 0 Å². The van der Waals surface area contributed by atoms with Crippen molar-refractivity contribution in [2.75, 3.05) is 5.32 Å². The maximum atomic E-state index is 13.0. The summed E-state index contributed by atoms with van der Waals surface area (Å²) < 4.78 is 13.0. The Kier molecular flexibility index (Phi) is 3.48. The minimum Gasteiger partial charge on any atom is -0.377 e. The summed E-state index contributed by atoms with van der Waals surface area (Å²) in [5.41, 5.74) is 1.93. The number of benzene rings is 1. The quantitative estimate of drug-likeness (QED) is 0.833. The second kappa shape index (κ2) is 4.88. The molecular weight excluding hydrogens is 233 g/mol. The minimum atomic E-state index is -0.187. The van der Waals surface area contributed by atoms with Crippen LogP contribution in [0.15, 0.2) is 30.3 Å². The number of anilines is 1. The monoisotopic (exact) mass is 249 g/mol. The summed E-state index contributed by atoms with van der Waals surface area (Å²) >= 11 is 1.79. The molecule has 0 aliphatic carbocycles. The predicted octanol–water partition coefficient (Wildman–Crippen LogP) is 4.68. The summed E-state index contributed by atoms with van der Waals surface area (Å²) in [6.07, 6.45) is 0. The van der Waals surface area contributed by atoms with Crippen molar-refractivity contribution in [3.05, 3.63) is 51.5 Å². The molecular formula is C14H16FNS. The molecule has 90 valence electrons. The number of hydrogen-bond acceptors (Lipinski definition) is 2. The molecule has 3 heteroatoms. The van der Waals surface area contributed by atoms with E-state index in [0.717, 1.165) is 11.3 Å². The van der Waals surface area contributed by atoms with Gasteiger partial charge in [0.25, 0.3) is 0 Å². The van der Waals surface area contributed by atoms with E-state index in [2.05, 4.69) is 31.3 Å². The van der Waals surface area contributed by atoms with Gasteiger partial charge >= 0.3 is 0 Å². The smallest absolute Gasteiger partial charge is 0.123 e. The SMILES string of the molecule is Cc1ccc(C(C)Nc2ccc(F)cc2C)s1. The third kappa shape index (κ3) is 2.86. The molecule has 1 nitrogen and oxygen atoms in total. The topological polar surface area (TPSA) is 12.0 Å². The highest BCUT2D eigenvalue weighted by Gasteiger charge is 2.09. The Hall–Kier alpha value is -1.35. The molecule has 1 heterocycles. The second-order valence-electron chi connectivity index (χ2n) is 4.27. The van der Waals surface area contributed by atoms with Crippen LogP contribution in [0.3, 0.4) is 0 Å². The zero-order chi connectivity index (χ0) is 12.4. The lowest BCUT2D eigenvalue weighted by Crippen LogP contribution is -2.06. The van der Waals surface area contributed by atoms with Gasteiger partial charge in [-0.2, -0.15) is 0 Å². The van der Waals surface area contributed by atoms with Gasteiger partial charge in [-0.05, 0) is 56.7 Å². The number of aryl methyl sites for hydroxylation is 2. The van der Waals surface area contributed by atoms with E-state index in [9.17, 15) is 4.39 Å². The molecule has 1 atom stereocenters. The fraction of sp³-hybridized carbons (Fsp3) is 0.286. The van der Waals surface area contributed by atoms with Crippen molar-refractivity contribution in [1.82, 2.24) is 0 Å². The van der Waals surface area contributed by atoms with Crippen molar-refractivity contribution in [3.63, 3.8) is 0 Å². The average molecular weight is 249 g/mol. The molecule has 1 N–H and O–H groups in total. The number of nitrogens with one attached hydrogen (secondary N) is 1. The Morgan fingerprint density at radius 3 is 2.53 bits per heavy atom. The highest BCUT2D eigenvalue weighted by molar-refractivity contribution is 7.12. The maximum Gasteiger partial charge on any atom is 0.123 e. The van der Waals surface area contributed by atoms with Gasteiger partial charge in [-0.1, -0.05) is 0 Å². The summed E-state index contributed by atoms with van der Waals surface area (Å²) in [5.74, 6) is -0.187. The molecule has 0 aliphatic heterocycles. The van der Waals surface area contributed by atoms with Crippen LogP contribution in [0.2, 0.25) is 0 Å². The Labute approximate surface area is 105 Å². The van der Waals surface area contributed by atoms with Crippen molar-refractivity contribution in [3.8, 4) is 0 Å². The van der Waals surface area contributed by atoms with E-state index in [1.54, 1.807) is 23.5 Å². The normalized spacial score (nSPS) is 12.5.